The van der Waals surface area contributed by atoms with Crippen molar-refractivity contribution in [2.75, 3.05) is 17.5 Å². The van der Waals surface area contributed by atoms with E-state index in [9.17, 15) is 18.0 Å². The molecule has 4 aromatic carbocycles. The van der Waals surface area contributed by atoms with Gasteiger partial charge in [-0.15, -0.1) is 0 Å². The molecular formula is C35H37BrClN3O5S. The number of halogens is 2. The molecule has 2 amide bonds. The van der Waals surface area contributed by atoms with Gasteiger partial charge in [0.15, 0.2) is 0 Å². The van der Waals surface area contributed by atoms with E-state index < -0.39 is 28.5 Å². The Balaban J connectivity index is 1.80. The molecule has 46 heavy (non-hydrogen) atoms. The summed E-state index contributed by atoms with van der Waals surface area (Å²) in [5, 5.41) is 3.34. The highest BCUT2D eigenvalue weighted by Gasteiger charge is 2.35. The molecule has 11 heteroatoms. The van der Waals surface area contributed by atoms with Crippen molar-refractivity contribution >= 4 is 55.1 Å². The maximum atomic E-state index is 14.5. The topological polar surface area (TPSA) is 96.0 Å². The van der Waals surface area contributed by atoms with Crippen LogP contribution < -0.4 is 14.4 Å². The molecule has 0 fully saturated rings. The zero-order valence-electron chi connectivity index (χ0n) is 25.9. The number of nitrogens with one attached hydrogen (secondary N) is 1. The van der Waals surface area contributed by atoms with Gasteiger partial charge in [-0.05, 0) is 92.6 Å². The van der Waals surface area contributed by atoms with Gasteiger partial charge in [0.05, 0.1) is 17.2 Å². The second kappa shape index (κ2) is 16.1. The van der Waals surface area contributed by atoms with Crippen molar-refractivity contribution in [3.8, 4) is 5.75 Å². The Kier molecular flexibility index (Phi) is 12.3. The Bertz CT molecular complexity index is 1700. The lowest BCUT2D eigenvalue weighted by Gasteiger charge is -2.34. The van der Waals surface area contributed by atoms with Crippen LogP contribution in [0.25, 0.3) is 0 Å². The lowest BCUT2D eigenvalue weighted by Crippen LogP contribution is -2.54. The molecule has 0 radical (unpaired) electrons. The number of carbonyl (C=O) groups is 2. The molecule has 0 saturated carbocycles. The molecular weight excluding hydrogens is 690 g/mol. The standard InChI is InChI=1S/C35H37BrClN3O5S/c1-4-45-31-18-16-30(17-19-31)40(46(43,44)32-20-14-29(37)15-21-32)24-34(41)39(23-27-10-12-28(36)13-11-27)33(35(42)38-25(2)3)22-26-8-6-5-7-9-26/h5-21,25,33H,4,22-24H2,1-3H3,(H,38,42). The van der Waals surface area contributed by atoms with E-state index in [-0.39, 0.29) is 35.5 Å². The Hall–Kier alpha value is -3.86. The van der Waals surface area contributed by atoms with Gasteiger partial charge in [-0.1, -0.05) is 70.0 Å². The third-order valence-electron chi connectivity index (χ3n) is 7.08. The van der Waals surface area contributed by atoms with Crippen molar-refractivity contribution in [3.05, 3.63) is 124 Å². The number of sulfonamides is 1. The van der Waals surface area contributed by atoms with Gasteiger partial charge in [0.2, 0.25) is 11.8 Å². The number of nitrogens with zero attached hydrogens (tertiary/aromatic N) is 2. The fraction of sp³-hybridized carbons (Fsp3) is 0.257. The number of ether oxygens (including phenoxy) is 1. The fourth-order valence-corrected chi connectivity index (χ4v) is 6.66. The summed E-state index contributed by atoms with van der Waals surface area (Å²) >= 11 is 9.51. The van der Waals surface area contributed by atoms with Gasteiger partial charge < -0.3 is 15.0 Å². The Morgan fingerprint density at radius 2 is 1.50 bits per heavy atom. The molecule has 1 atom stereocenters. The predicted octanol–water partition coefficient (Wildman–Crippen LogP) is 6.86. The van der Waals surface area contributed by atoms with Gasteiger partial charge in [-0.3, -0.25) is 13.9 Å². The lowest BCUT2D eigenvalue weighted by atomic mass is 10.0. The van der Waals surface area contributed by atoms with Gasteiger partial charge in [-0.25, -0.2) is 8.42 Å². The van der Waals surface area contributed by atoms with Crippen molar-refractivity contribution in [3.63, 3.8) is 0 Å². The van der Waals surface area contributed by atoms with Crippen LogP contribution >= 0.6 is 27.5 Å². The first-order valence-corrected chi connectivity index (χ1v) is 17.5. The second-order valence-corrected chi connectivity index (χ2v) is 14.1. The maximum Gasteiger partial charge on any atom is 0.264 e. The fourth-order valence-electron chi connectivity index (χ4n) is 4.86. The van der Waals surface area contributed by atoms with Crippen molar-refractivity contribution in [2.45, 2.75) is 50.7 Å². The van der Waals surface area contributed by atoms with E-state index in [1.165, 1.54) is 29.2 Å². The summed E-state index contributed by atoms with van der Waals surface area (Å²) in [7, 11) is -4.25. The number of hydrogen-bond acceptors (Lipinski definition) is 5. The molecule has 4 rings (SSSR count). The van der Waals surface area contributed by atoms with Crippen LogP contribution in [0.15, 0.2) is 112 Å². The summed E-state index contributed by atoms with van der Waals surface area (Å²) in [6, 6.07) is 28.0. The number of amides is 2. The van der Waals surface area contributed by atoms with Gasteiger partial charge in [0.1, 0.15) is 18.3 Å². The van der Waals surface area contributed by atoms with Crippen molar-refractivity contribution in [1.82, 2.24) is 10.2 Å². The molecule has 0 saturated heterocycles. The minimum absolute atomic E-state index is 0.0311. The van der Waals surface area contributed by atoms with Crippen molar-refractivity contribution in [2.24, 2.45) is 0 Å². The van der Waals surface area contributed by atoms with E-state index >= 15 is 0 Å². The quantitative estimate of drug-likeness (QED) is 0.153. The Labute approximate surface area is 284 Å². The van der Waals surface area contributed by atoms with Gasteiger partial charge in [-0.2, -0.15) is 0 Å². The van der Waals surface area contributed by atoms with Crippen molar-refractivity contribution < 1.29 is 22.7 Å². The summed E-state index contributed by atoms with van der Waals surface area (Å²) in [6.07, 6.45) is 0.231. The molecule has 0 aliphatic carbocycles. The van der Waals surface area contributed by atoms with Crippen LogP contribution in [0.4, 0.5) is 5.69 Å². The smallest absolute Gasteiger partial charge is 0.264 e. The maximum absolute atomic E-state index is 14.5. The first-order chi connectivity index (χ1) is 22.0. The van der Waals surface area contributed by atoms with E-state index in [2.05, 4.69) is 21.2 Å². The highest BCUT2D eigenvalue weighted by atomic mass is 79.9. The molecule has 0 heterocycles. The zero-order valence-corrected chi connectivity index (χ0v) is 29.1. The normalized spacial score (nSPS) is 12.0. The average molecular weight is 727 g/mol. The van der Waals surface area contributed by atoms with Crippen LogP contribution in [0.3, 0.4) is 0 Å². The van der Waals surface area contributed by atoms with Crippen LogP contribution in [0.1, 0.15) is 31.9 Å². The first-order valence-electron chi connectivity index (χ1n) is 14.9. The van der Waals surface area contributed by atoms with E-state index in [0.29, 0.717) is 17.4 Å². The van der Waals surface area contributed by atoms with Crippen LogP contribution in [0.5, 0.6) is 5.75 Å². The monoisotopic (exact) mass is 725 g/mol. The Morgan fingerprint density at radius 3 is 2.09 bits per heavy atom. The third-order valence-corrected chi connectivity index (χ3v) is 9.65. The van der Waals surface area contributed by atoms with Gasteiger partial charge >= 0.3 is 0 Å². The van der Waals surface area contributed by atoms with Crippen LogP contribution in [0, 0.1) is 0 Å². The number of hydrogen-bond donors (Lipinski definition) is 1. The summed E-state index contributed by atoms with van der Waals surface area (Å²) < 4.78 is 35.8. The highest BCUT2D eigenvalue weighted by Crippen LogP contribution is 2.28. The minimum Gasteiger partial charge on any atom is -0.494 e. The number of anilines is 1. The van der Waals surface area contributed by atoms with Crippen molar-refractivity contribution in [1.29, 1.82) is 0 Å². The zero-order chi connectivity index (χ0) is 33.3. The SMILES string of the molecule is CCOc1ccc(N(CC(=O)N(Cc2ccc(Br)cc2)C(Cc2ccccc2)C(=O)NC(C)C)S(=O)(=O)c2ccc(Cl)cc2)cc1. The van der Waals surface area contributed by atoms with E-state index in [4.69, 9.17) is 16.3 Å². The molecule has 0 aliphatic heterocycles. The highest BCUT2D eigenvalue weighted by molar-refractivity contribution is 9.10. The van der Waals surface area contributed by atoms with Crippen LogP contribution in [0.2, 0.25) is 5.02 Å². The number of carbonyl (C=O) groups excluding carboxylic acids is 2. The Morgan fingerprint density at radius 1 is 0.870 bits per heavy atom. The molecule has 1 unspecified atom stereocenters. The molecule has 0 aliphatic rings. The van der Waals surface area contributed by atoms with E-state index in [1.807, 2.05) is 75.4 Å². The van der Waals surface area contributed by atoms with Gasteiger partial charge in [0, 0.05) is 28.5 Å². The molecule has 0 spiro atoms. The molecule has 0 bridgehead atoms. The summed E-state index contributed by atoms with van der Waals surface area (Å²) in [4.78, 5) is 29.7. The number of rotatable bonds is 14. The van der Waals surface area contributed by atoms with Gasteiger partial charge in [0.25, 0.3) is 10.0 Å². The first kappa shape index (κ1) is 35.0. The summed E-state index contributed by atoms with van der Waals surface area (Å²) in [5.41, 5.74) is 1.90. The average Bonchev–Trinajstić information content (AvgIpc) is 3.03. The number of benzene rings is 4. The van der Waals surface area contributed by atoms with E-state index in [0.717, 1.165) is 19.9 Å². The summed E-state index contributed by atoms with van der Waals surface area (Å²) in [5.74, 6) is -0.321. The molecule has 4 aromatic rings. The lowest BCUT2D eigenvalue weighted by molar-refractivity contribution is -0.140. The van der Waals surface area contributed by atoms with Crippen LogP contribution in [-0.2, 0) is 32.6 Å². The third kappa shape index (κ3) is 9.34. The van der Waals surface area contributed by atoms with Crippen LogP contribution in [-0.4, -0.2) is 50.4 Å². The molecule has 1 N–H and O–H groups in total. The predicted molar refractivity (Wildman–Crippen MR) is 185 cm³/mol. The summed E-state index contributed by atoms with van der Waals surface area (Å²) in [6.45, 7) is 5.51. The largest absolute Gasteiger partial charge is 0.494 e. The minimum atomic E-state index is -4.25. The molecule has 0 aromatic heterocycles. The second-order valence-electron chi connectivity index (χ2n) is 10.9. The van der Waals surface area contributed by atoms with E-state index in [1.54, 1.807) is 24.3 Å². The molecule has 242 valence electrons. The molecule has 8 nitrogen and oxygen atoms in total.